The van der Waals surface area contributed by atoms with Crippen molar-refractivity contribution in [2.45, 2.75) is 26.0 Å². The molecule has 1 aliphatic rings. The lowest BCUT2D eigenvalue weighted by molar-refractivity contribution is -0.141. The first-order chi connectivity index (χ1) is 9.49. The Morgan fingerprint density at radius 1 is 1.48 bits per heavy atom. The van der Waals surface area contributed by atoms with Gasteiger partial charge in [0.25, 0.3) is 0 Å². The monoisotopic (exact) mass is 376 g/mol. The van der Waals surface area contributed by atoms with Crippen LogP contribution in [-0.2, 0) is 9.53 Å². The molecule has 118 valence electrons. The number of halogens is 2. The first kappa shape index (κ1) is 18.4. The third-order valence-corrected chi connectivity index (χ3v) is 4.10. The maximum absolute atomic E-state index is 12.3. The van der Waals surface area contributed by atoms with Crippen LogP contribution in [0, 0.1) is 5.92 Å². The minimum atomic E-state index is -0.434. The Morgan fingerprint density at radius 3 is 2.81 bits per heavy atom. The molecule has 1 unspecified atom stereocenters. The molecule has 1 heterocycles. The molecule has 1 saturated heterocycles. The van der Waals surface area contributed by atoms with E-state index < -0.39 is 6.04 Å². The van der Waals surface area contributed by atoms with Crippen LogP contribution in [0.2, 0.25) is 0 Å². The van der Waals surface area contributed by atoms with Crippen molar-refractivity contribution in [2.75, 3.05) is 19.7 Å². The lowest BCUT2D eigenvalue weighted by atomic mass is 10.0. The molecule has 21 heavy (non-hydrogen) atoms. The molecule has 2 atom stereocenters. The van der Waals surface area contributed by atoms with Crippen molar-refractivity contribution in [1.29, 1.82) is 0 Å². The predicted octanol–water partition coefficient (Wildman–Crippen LogP) is 2.75. The number of hydrogen-bond donors (Lipinski definition) is 1. The van der Waals surface area contributed by atoms with Crippen molar-refractivity contribution in [3.05, 3.63) is 34.3 Å². The molecule has 0 spiro atoms. The zero-order valence-electron chi connectivity index (χ0n) is 12.3. The number of nitrogens with zero attached hydrogens (tertiary/aromatic N) is 1. The van der Waals surface area contributed by atoms with Gasteiger partial charge in [0.2, 0.25) is 5.91 Å². The van der Waals surface area contributed by atoms with E-state index in [1.165, 1.54) is 0 Å². The molecule has 0 radical (unpaired) electrons. The molecule has 0 saturated carbocycles. The zero-order chi connectivity index (χ0) is 14.7. The summed E-state index contributed by atoms with van der Waals surface area (Å²) in [5, 5.41) is 0. The Kier molecular flexibility index (Phi) is 7.13. The minimum absolute atomic E-state index is 0. The van der Waals surface area contributed by atoms with Crippen LogP contribution >= 0.6 is 28.3 Å². The number of carbonyl (C=O) groups is 1. The van der Waals surface area contributed by atoms with Gasteiger partial charge in [-0.2, -0.15) is 0 Å². The van der Waals surface area contributed by atoms with Gasteiger partial charge in [0.1, 0.15) is 6.10 Å². The van der Waals surface area contributed by atoms with E-state index in [9.17, 15) is 4.79 Å². The summed E-state index contributed by atoms with van der Waals surface area (Å²) in [5.41, 5.74) is 7.04. The van der Waals surface area contributed by atoms with Crippen LogP contribution < -0.4 is 5.73 Å². The number of nitrogens with two attached hydrogens (primary N) is 1. The van der Waals surface area contributed by atoms with Crippen LogP contribution in [0.15, 0.2) is 28.7 Å². The van der Waals surface area contributed by atoms with Gasteiger partial charge in [-0.3, -0.25) is 4.79 Å². The summed E-state index contributed by atoms with van der Waals surface area (Å²) in [6.07, 6.45) is -0.0791. The van der Waals surface area contributed by atoms with E-state index in [4.69, 9.17) is 10.5 Å². The number of rotatable bonds is 3. The van der Waals surface area contributed by atoms with Gasteiger partial charge in [0.05, 0.1) is 19.2 Å². The molecule has 1 aromatic carbocycles. The highest BCUT2D eigenvalue weighted by molar-refractivity contribution is 9.10. The van der Waals surface area contributed by atoms with Crippen molar-refractivity contribution in [3.8, 4) is 0 Å². The lowest BCUT2D eigenvalue weighted by Crippen LogP contribution is -2.51. The second kappa shape index (κ2) is 8.13. The summed E-state index contributed by atoms with van der Waals surface area (Å²) in [6, 6.07) is 7.57. The van der Waals surface area contributed by atoms with Crippen LogP contribution in [0.25, 0.3) is 0 Å². The molecule has 1 aliphatic heterocycles. The predicted molar refractivity (Wildman–Crippen MR) is 89.5 cm³/mol. The Morgan fingerprint density at radius 2 is 2.19 bits per heavy atom. The quantitative estimate of drug-likeness (QED) is 0.881. The van der Waals surface area contributed by atoms with Gasteiger partial charge in [0.15, 0.2) is 0 Å². The maximum atomic E-state index is 12.3. The molecule has 1 fully saturated rings. The third kappa shape index (κ3) is 4.68. The Labute approximate surface area is 140 Å². The van der Waals surface area contributed by atoms with Crippen LogP contribution in [-0.4, -0.2) is 36.5 Å². The molecule has 0 bridgehead atoms. The number of ether oxygens (including phenoxy) is 1. The van der Waals surface area contributed by atoms with Gasteiger partial charge in [-0.1, -0.05) is 41.9 Å². The van der Waals surface area contributed by atoms with Crippen molar-refractivity contribution >= 4 is 34.2 Å². The van der Waals surface area contributed by atoms with Gasteiger partial charge in [-0.25, -0.2) is 0 Å². The van der Waals surface area contributed by atoms with E-state index in [0.717, 1.165) is 10.0 Å². The Bertz CT molecular complexity index is 484. The molecule has 4 nitrogen and oxygen atoms in total. The van der Waals surface area contributed by atoms with Gasteiger partial charge in [0, 0.05) is 11.0 Å². The van der Waals surface area contributed by atoms with E-state index in [2.05, 4.69) is 15.9 Å². The second-order valence-electron chi connectivity index (χ2n) is 5.47. The molecule has 6 heteroatoms. The van der Waals surface area contributed by atoms with Crippen LogP contribution in [0.1, 0.15) is 25.5 Å². The van der Waals surface area contributed by atoms with Crippen LogP contribution in [0.4, 0.5) is 0 Å². The summed E-state index contributed by atoms with van der Waals surface area (Å²) in [5.74, 6) is 0.165. The highest BCUT2D eigenvalue weighted by atomic mass is 79.9. The van der Waals surface area contributed by atoms with Gasteiger partial charge in [-0.15, -0.1) is 12.4 Å². The first-order valence-corrected chi connectivity index (χ1v) is 7.69. The summed E-state index contributed by atoms with van der Waals surface area (Å²) >= 11 is 3.46. The molecule has 2 rings (SSSR count). The number of carbonyl (C=O) groups excluding carboxylic acids is 1. The summed E-state index contributed by atoms with van der Waals surface area (Å²) in [6.45, 7) is 5.66. The van der Waals surface area contributed by atoms with E-state index in [-0.39, 0.29) is 30.3 Å². The zero-order valence-corrected chi connectivity index (χ0v) is 14.7. The fourth-order valence-corrected chi connectivity index (χ4v) is 2.67. The smallest absolute Gasteiger partial charge is 0.239 e. The number of morpholine rings is 1. The SMILES string of the molecule is CC(C)[C@H](N)C(=O)N1CCOC(c2cccc(Br)c2)C1.Cl. The first-order valence-electron chi connectivity index (χ1n) is 6.90. The third-order valence-electron chi connectivity index (χ3n) is 3.60. The highest BCUT2D eigenvalue weighted by Gasteiger charge is 2.29. The topological polar surface area (TPSA) is 55.6 Å². The van der Waals surface area contributed by atoms with Crippen molar-refractivity contribution in [1.82, 2.24) is 4.90 Å². The van der Waals surface area contributed by atoms with Crippen molar-refractivity contribution < 1.29 is 9.53 Å². The van der Waals surface area contributed by atoms with Gasteiger partial charge >= 0.3 is 0 Å². The number of amides is 1. The summed E-state index contributed by atoms with van der Waals surface area (Å²) in [4.78, 5) is 14.1. The minimum Gasteiger partial charge on any atom is -0.370 e. The van der Waals surface area contributed by atoms with Crippen LogP contribution in [0.3, 0.4) is 0 Å². The molecular formula is C15H22BrClN2O2. The highest BCUT2D eigenvalue weighted by Crippen LogP contribution is 2.25. The average molecular weight is 378 g/mol. The van der Waals surface area contributed by atoms with E-state index in [1.54, 1.807) is 0 Å². The fourth-order valence-electron chi connectivity index (χ4n) is 2.25. The Balaban J connectivity index is 0.00000220. The standard InChI is InChI=1S/C15H21BrN2O2.ClH/c1-10(2)14(17)15(19)18-6-7-20-13(9-18)11-4-3-5-12(16)8-11;/h3-5,8,10,13-14H,6-7,9,17H2,1-2H3;1H/t13?,14-;/m0./s1. The van der Waals surface area contributed by atoms with Crippen molar-refractivity contribution in [3.63, 3.8) is 0 Å². The average Bonchev–Trinajstić information content (AvgIpc) is 2.45. The van der Waals surface area contributed by atoms with Gasteiger partial charge < -0.3 is 15.4 Å². The maximum Gasteiger partial charge on any atom is 0.239 e. The van der Waals surface area contributed by atoms with Gasteiger partial charge in [-0.05, 0) is 23.6 Å². The van der Waals surface area contributed by atoms with E-state index in [1.807, 2.05) is 43.0 Å². The molecular weight excluding hydrogens is 356 g/mol. The number of hydrogen-bond acceptors (Lipinski definition) is 3. The molecule has 2 N–H and O–H groups in total. The van der Waals surface area contributed by atoms with Crippen LogP contribution in [0.5, 0.6) is 0 Å². The van der Waals surface area contributed by atoms with E-state index in [0.29, 0.717) is 19.7 Å². The van der Waals surface area contributed by atoms with Crippen molar-refractivity contribution in [2.24, 2.45) is 11.7 Å². The number of benzene rings is 1. The Hall–Kier alpha value is -0.620. The molecule has 0 aliphatic carbocycles. The molecule has 0 aromatic heterocycles. The fraction of sp³-hybridized carbons (Fsp3) is 0.533. The second-order valence-corrected chi connectivity index (χ2v) is 6.38. The normalized spacial score (nSPS) is 20.0. The summed E-state index contributed by atoms with van der Waals surface area (Å²) in [7, 11) is 0. The molecule has 1 amide bonds. The summed E-state index contributed by atoms with van der Waals surface area (Å²) < 4.78 is 6.80. The molecule has 1 aromatic rings. The van der Waals surface area contributed by atoms with E-state index >= 15 is 0 Å². The largest absolute Gasteiger partial charge is 0.370 e. The lowest BCUT2D eigenvalue weighted by Gasteiger charge is -2.35.